The van der Waals surface area contributed by atoms with Gasteiger partial charge in [0.05, 0.1) is 11.7 Å². The highest BCUT2D eigenvalue weighted by Crippen LogP contribution is 2.23. The maximum absolute atomic E-state index is 4.02. The summed E-state index contributed by atoms with van der Waals surface area (Å²) in [6.07, 6.45) is 1.84. The van der Waals surface area contributed by atoms with Gasteiger partial charge in [-0.3, -0.25) is 4.98 Å². The van der Waals surface area contributed by atoms with Crippen LogP contribution in [0.25, 0.3) is 0 Å². The Hall–Kier alpha value is -1.35. The van der Waals surface area contributed by atoms with Crippen molar-refractivity contribution < 1.29 is 0 Å². The number of hydrogen-bond acceptors (Lipinski definition) is 3. The smallest absolute Gasteiger partial charge is 0.113 e. The number of nitrogens with zero attached hydrogens (tertiary/aromatic N) is 1. The third-order valence-electron chi connectivity index (χ3n) is 2.07. The van der Waals surface area contributed by atoms with E-state index in [2.05, 4.69) is 42.3 Å². The van der Waals surface area contributed by atoms with Crippen LogP contribution in [-0.4, -0.2) is 4.98 Å². The molecule has 1 heterocycles. The van der Waals surface area contributed by atoms with Gasteiger partial charge in [0.1, 0.15) is 5.00 Å². The van der Waals surface area contributed by atoms with Crippen LogP contribution in [0.15, 0.2) is 29.9 Å². The van der Waals surface area contributed by atoms with E-state index in [1.54, 1.807) is 11.3 Å². The molecule has 0 aliphatic heterocycles. The molecule has 0 saturated heterocycles. The van der Waals surface area contributed by atoms with Crippen LogP contribution in [0.1, 0.15) is 11.1 Å². The summed E-state index contributed by atoms with van der Waals surface area (Å²) < 4.78 is 0. The van der Waals surface area contributed by atoms with Crippen LogP contribution in [0.3, 0.4) is 0 Å². The first-order valence-electron chi connectivity index (χ1n) is 4.48. The molecule has 1 aromatic heterocycles. The SMILES string of the molecule is Cc1ccc(Nc2cncs2)c(C)c1. The van der Waals surface area contributed by atoms with Gasteiger partial charge in [-0.15, -0.1) is 11.3 Å². The molecular weight excluding hydrogens is 192 g/mol. The van der Waals surface area contributed by atoms with Crippen molar-refractivity contribution in [1.29, 1.82) is 0 Å². The minimum atomic E-state index is 1.08. The molecule has 14 heavy (non-hydrogen) atoms. The van der Waals surface area contributed by atoms with Crippen molar-refractivity contribution in [3.63, 3.8) is 0 Å². The van der Waals surface area contributed by atoms with Gasteiger partial charge in [0.2, 0.25) is 0 Å². The van der Waals surface area contributed by atoms with Gasteiger partial charge in [0.25, 0.3) is 0 Å². The Labute approximate surface area is 87.6 Å². The van der Waals surface area contributed by atoms with Crippen molar-refractivity contribution in [2.24, 2.45) is 0 Å². The second-order valence-electron chi connectivity index (χ2n) is 3.31. The lowest BCUT2D eigenvalue weighted by atomic mass is 10.1. The predicted octanol–water partition coefficient (Wildman–Crippen LogP) is 3.50. The quantitative estimate of drug-likeness (QED) is 0.809. The molecule has 3 heteroatoms. The summed E-state index contributed by atoms with van der Waals surface area (Å²) in [6, 6.07) is 6.38. The number of benzene rings is 1. The third-order valence-corrected chi connectivity index (χ3v) is 2.76. The predicted molar refractivity (Wildman–Crippen MR) is 61.3 cm³/mol. The van der Waals surface area contributed by atoms with Gasteiger partial charge in [0.15, 0.2) is 0 Å². The van der Waals surface area contributed by atoms with Crippen molar-refractivity contribution in [2.75, 3.05) is 5.32 Å². The normalized spacial score (nSPS) is 10.1. The molecule has 0 aliphatic rings. The molecule has 0 radical (unpaired) electrons. The van der Waals surface area contributed by atoms with Crippen LogP contribution < -0.4 is 5.32 Å². The molecule has 0 aliphatic carbocycles. The zero-order valence-corrected chi connectivity index (χ0v) is 9.06. The lowest BCUT2D eigenvalue weighted by Gasteiger charge is -2.07. The number of aryl methyl sites for hydroxylation is 2. The van der Waals surface area contributed by atoms with Gasteiger partial charge < -0.3 is 5.32 Å². The van der Waals surface area contributed by atoms with Gasteiger partial charge in [0, 0.05) is 5.69 Å². The average Bonchev–Trinajstić information content (AvgIpc) is 2.62. The highest BCUT2D eigenvalue weighted by molar-refractivity contribution is 7.13. The number of nitrogens with one attached hydrogen (secondary N) is 1. The Balaban J connectivity index is 2.25. The molecule has 0 amide bonds. The summed E-state index contributed by atoms with van der Waals surface area (Å²) in [5.74, 6) is 0. The average molecular weight is 204 g/mol. The van der Waals surface area contributed by atoms with E-state index in [-0.39, 0.29) is 0 Å². The van der Waals surface area contributed by atoms with Crippen LogP contribution in [0.2, 0.25) is 0 Å². The minimum Gasteiger partial charge on any atom is -0.346 e. The van der Waals surface area contributed by atoms with Crippen LogP contribution in [0.5, 0.6) is 0 Å². The van der Waals surface area contributed by atoms with Gasteiger partial charge in [-0.05, 0) is 25.5 Å². The molecule has 0 bridgehead atoms. The third kappa shape index (κ3) is 1.93. The highest BCUT2D eigenvalue weighted by Gasteiger charge is 1.99. The summed E-state index contributed by atoms with van der Waals surface area (Å²) in [5, 5.41) is 4.42. The summed E-state index contributed by atoms with van der Waals surface area (Å²) in [5.41, 5.74) is 5.53. The van der Waals surface area contributed by atoms with Gasteiger partial charge in [-0.25, -0.2) is 0 Å². The molecule has 1 aromatic carbocycles. The van der Waals surface area contributed by atoms with Crippen molar-refractivity contribution in [2.45, 2.75) is 13.8 Å². The molecule has 0 fully saturated rings. The van der Waals surface area contributed by atoms with E-state index in [1.165, 1.54) is 11.1 Å². The molecule has 0 atom stereocenters. The molecule has 2 nitrogen and oxygen atoms in total. The Bertz CT molecular complexity index is 421. The standard InChI is InChI=1S/C11H12N2S/c1-8-3-4-10(9(2)5-8)13-11-6-12-7-14-11/h3-7,13H,1-2H3. The maximum Gasteiger partial charge on any atom is 0.113 e. The number of anilines is 2. The molecule has 72 valence electrons. The molecule has 2 aromatic rings. The van der Waals surface area contributed by atoms with E-state index in [4.69, 9.17) is 0 Å². The fraction of sp³-hybridized carbons (Fsp3) is 0.182. The van der Waals surface area contributed by atoms with Crippen LogP contribution in [0.4, 0.5) is 10.7 Å². The van der Waals surface area contributed by atoms with Crippen LogP contribution in [-0.2, 0) is 0 Å². The van der Waals surface area contributed by atoms with E-state index in [1.807, 2.05) is 11.7 Å². The fourth-order valence-electron chi connectivity index (χ4n) is 1.36. The summed E-state index contributed by atoms with van der Waals surface area (Å²) in [7, 11) is 0. The number of thiazole rings is 1. The second kappa shape index (κ2) is 3.80. The Morgan fingerprint density at radius 3 is 2.79 bits per heavy atom. The minimum absolute atomic E-state index is 1.08. The van der Waals surface area contributed by atoms with E-state index in [0.29, 0.717) is 0 Å². The number of aromatic nitrogens is 1. The first-order valence-corrected chi connectivity index (χ1v) is 5.36. The molecule has 1 N–H and O–H groups in total. The van der Waals surface area contributed by atoms with E-state index < -0.39 is 0 Å². The topological polar surface area (TPSA) is 24.9 Å². The summed E-state index contributed by atoms with van der Waals surface area (Å²) in [6.45, 7) is 4.21. The fourth-order valence-corrected chi connectivity index (χ4v) is 1.89. The van der Waals surface area contributed by atoms with E-state index >= 15 is 0 Å². The molecule has 0 spiro atoms. The lowest BCUT2D eigenvalue weighted by Crippen LogP contribution is -1.90. The van der Waals surface area contributed by atoms with Crippen molar-refractivity contribution >= 4 is 22.0 Å². The maximum atomic E-state index is 4.02. The monoisotopic (exact) mass is 204 g/mol. The zero-order chi connectivity index (χ0) is 9.97. The molecular formula is C11H12N2S. The van der Waals surface area contributed by atoms with Gasteiger partial charge in [-0.1, -0.05) is 17.7 Å². The van der Waals surface area contributed by atoms with Gasteiger partial charge in [-0.2, -0.15) is 0 Å². The number of hydrogen-bond donors (Lipinski definition) is 1. The highest BCUT2D eigenvalue weighted by atomic mass is 32.1. The first kappa shape index (κ1) is 9.21. The number of rotatable bonds is 2. The van der Waals surface area contributed by atoms with Crippen molar-refractivity contribution in [3.8, 4) is 0 Å². The van der Waals surface area contributed by atoms with Gasteiger partial charge >= 0.3 is 0 Å². The second-order valence-corrected chi connectivity index (χ2v) is 4.20. The Morgan fingerprint density at radius 1 is 1.29 bits per heavy atom. The Kier molecular flexibility index (Phi) is 2.50. The van der Waals surface area contributed by atoms with Crippen LogP contribution in [0, 0.1) is 13.8 Å². The zero-order valence-electron chi connectivity index (χ0n) is 8.24. The van der Waals surface area contributed by atoms with Crippen molar-refractivity contribution in [1.82, 2.24) is 4.98 Å². The van der Waals surface area contributed by atoms with Crippen molar-refractivity contribution in [3.05, 3.63) is 41.0 Å². The molecule has 2 rings (SSSR count). The Morgan fingerprint density at radius 2 is 2.14 bits per heavy atom. The largest absolute Gasteiger partial charge is 0.346 e. The van der Waals surface area contributed by atoms with E-state index in [0.717, 1.165) is 10.7 Å². The van der Waals surface area contributed by atoms with E-state index in [9.17, 15) is 0 Å². The summed E-state index contributed by atoms with van der Waals surface area (Å²) >= 11 is 1.61. The molecule has 0 unspecified atom stereocenters. The first-order chi connectivity index (χ1) is 6.75. The summed E-state index contributed by atoms with van der Waals surface area (Å²) in [4.78, 5) is 4.02. The lowest BCUT2D eigenvalue weighted by molar-refractivity contribution is 1.37. The van der Waals surface area contributed by atoms with Crippen LogP contribution >= 0.6 is 11.3 Å². The molecule has 0 saturated carbocycles.